The Labute approximate surface area is 200 Å². The molecule has 0 spiro atoms. The van der Waals surface area contributed by atoms with Crippen molar-refractivity contribution >= 4 is 5.65 Å². The molecular formula is C25H26F2N4O4. The second-order valence-electron chi connectivity index (χ2n) is 8.88. The summed E-state index contributed by atoms with van der Waals surface area (Å²) in [5.74, 6) is -0.662. The van der Waals surface area contributed by atoms with Crippen molar-refractivity contribution in [3.63, 3.8) is 0 Å². The summed E-state index contributed by atoms with van der Waals surface area (Å²) >= 11 is 0. The number of aryl methyl sites for hydroxylation is 2. The first-order valence-corrected chi connectivity index (χ1v) is 10.9. The zero-order chi connectivity index (χ0) is 25.3. The fourth-order valence-electron chi connectivity index (χ4n) is 3.58. The second kappa shape index (κ2) is 9.57. The van der Waals surface area contributed by atoms with Crippen LogP contribution in [0.2, 0.25) is 0 Å². The Hall–Kier alpha value is -3.60. The lowest BCUT2D eigenvalue weighted by Gasteiger charge is -2.27. The largest absolute Gasteiger partial charge is 0.485 e. The molecule has 4 rings (SSSR count). The quantitative estimate of drug-likeness (QED) is 0.336. The molecule has 35 heavy (non-hydrogen) atoms. The van der Waals surface area contributed by atoms with Crippen LogP contribution in [0.25, 0.3) is 16.9 Å². The van der Waals surface area contributed by atoms with Gasteiger partial charge < -0.3 is 9.47 Å². The van der Waals surface area contributed by atoms with Crippen LogP contribution in [0.3, 0.4) is 0 Å². The lowest BCUT2D eigenvalue weighted by atomic mass is 10.1. The minimum Gasteiger partial charge on any atom is -0.485 e. The minimum absolute atomic E-state index is 0.0215. The number of benzene rings is 1. The topological polar surface area (TPSA) is 92.4 Å². The Morgan fingerprint density at radius 3 is 2.46 bits per heavy atom. The molecule has 0 bridgehead atoms. The molecule has 0 amide bonds. The van der Waals surface area contributed by atoms with Gasteiger partial charge in [0.2, 0.25) is 5.88 Å². The smallest absolute Gasteiger partial charge is 0.213 e. The highest BCUT2D eigenvalue weighted by molar-refractivity contribution is 5.71. The van der Waals surface area contributed by atoms with Crippen molar-refractivity contribution in [2.24, 2.45) is 0 Å². The van der Waals surface area contributed by atoms with Gasteiger partial charge in [0.25, 0.3) is 0 Å². The predicted octanol–water partition coefficient (Wildman–Crippen LogP) is 5.11. The van der Waals surface area contributed by atoms with Crippen molar-refractivity contribution in [3.8, 4) is 22.9 Å². The first kappa shape index (κ1) is 24.5. The van der Waals surface area contributed by atoms with E-state index in [0.29, 0.717) is 23.0 Å². The van der Waals surface area contributed by atoms with Gasteiger partial charge in [-0.05, 0) is 57.5 Å². The summed E-state index contributed by atoms with van der Waals surface area (Å²) in [5.41, 5.74) is 2.39. The average Bonchev–Trinajstić information content (AvgIpc) is 3.13. The number of hydroxylamine groups is 2. The van der Waals surface area contributed by atoms with E-state index in [2.05, 4.69) is 9.97 Å². The molecule has 0 fully saturated rings. The molecule has 0 aliphatic rings. The average molecular weight is 485 g/mol. The predicted molar refractivity (Wildman–Crippen MR) is 124 cm³/mol. The normalized spacial score (nSPS) is 11.9. The van der Waals surface area contributed by atoms with Gasteiger partial charge in [-0.2, -0.15) is 0 Å². The van der Waals surface area contributed by atoms with E-state index in [1.165, 1.54) is 18.2 Å². The fraction of sp³-hybridized carbons (Fsp3) is 0.280. The van der Waals surface area contributed by atoms with Crippen LogP contribution in [-0.2, 0) is 6.61 Å². The summed E-state index contributed by atoms with van der Waals surface area (Å²) in [6, 6.07) is 8.98. The third kappa shape index (κ3) is 5.09. The van der Waals surface area contributed by atoms with Crippen LogP contribution in [0.1, 0.15) is 30.7 Å². The van der Waals surface area contributed by atoms with Crippen LogP contribution in [-0.4, -0.2) is 42.2 Å². The number of fused-ring (bicyclic) bond motifs is 1. The maximum Gasteiger partial charge on any atom is 0.213 e. The number of halogens is 2. The molecule has 0 unspecified atom stereocenters. The summed E-state index contributed by atoms with van der Waals surface area (Å²) in [6.45, 7) is 6.62. The summed E-state index contributed by atoms with van der Waals surface area (Å²) < 4.78 is 41.5. The molecule has 3 heterocycles. The van der Waals surface area contributed by atoms with Crippen LogP contribution in [0.4, 0.5) is 8.78 Å². The molecule has 0 aliphatic heterocycles. The van der Waals surface area contributed by atoms with Gasteiger partial charge in [0.05, 0.1) is 17.0 Å². The van der Waals surface area contributed by atoms with E-state index >= 15 is 0 Å². The van der Waals surface area contributed by atoms with Crippen LogP contribution in [0, 0.1) is 25.5 Å². The molecule has 0 saturated heterocycles. The number of pyridine rings is 2. The van der Waals surface area contributed by atoms with E-state index in [1.54, 1.807) is 38.2 Å². The Kier molecular flexibility index (Phi) is 6.70. The first-order chi connectivity index (χ1) is 16.6. The van der Waals surface area contributed by atoms with E-state index in [-0.39, 0.29) is 24.0 Å². The van der Waals surface area contributed by atoms with Gasteiger partial charge >= 0.3 is 0 Å². The molecule has 0 aliphatic carbocycles. The number of ether oxygens (including phenoxy) is 2. The zero-order valence-corrected chi connectivity index (χ0v) is 19.8. The fourth-order valence-corrected chi connectivity index (χ4v) is 3.58. The molecule has 1 aromatic carbocycles. The monoisotopic (exact) mass is 484 g/mol. The Bertz CT molecular complexity index is 1350. The van der Waals surface area contributed by atoms with Crippen LogP contribution in [0.5, 0.6) is 11.6 Å². The Morgan fingerprint density at radius 2 is 1.77 bits per heavy atom. The third-order valence-electron chi connectivity index (χ3n) is 5.55. The second-order valence-corrected chi connectivity index (χ2v) is 8.88. The molecule has 184 valence electrons. The lowest BCUT2D eigenvalue weighted by Crippen LogP contribution is -2.44. The maximum absolute atomic E-state index is 14.1. The van der Waals surface area contributed by atoms with E-state index in [4.69, 9.17) is 9.47 Å². The molecule has 2 N–H and O–H groups in total. The molecule has 0 atom stereocenters. The van der Waals surface area contributed by atoms with Crippen LogP contribution < -0.4 is 9.47 Å². The van der Waals surface area contributed by atoms with E-state index in [0.717, 1.165) is 16.8 Å². The van der Waals surface area contributed by atoms with Gasteiger partial charge in [0.1, 0.15) is 30.4 Å². The minimum atomic E-state index is -1.04. The van der Waals surface area contributed by atoms with Crippen molar-refractivity contribution in [1.29, 1.82) is 0 Å². The highest BCUT2D eigenvalue weighted by Gasteiger charge is 2.26. The Morgan fingerprint density at radius 1 is 1.06 bits per heavy atom. The summed E-state index contributed by atoms with van der Waals surface area (Å²) in [6.07, 6.45) is 3.47. The van der Waals surface area contributed by atoms with Crippen molar-refractivity contribution in [1.82, 2.24) is 19.6 Å². The Balaban J connectivity index is 1.67. The van der Waals surface area contributed by atoms with Crippen molar-refractivity contribution < 1.29 is 28.7 Å². The van der Waals surface area contributed by atoms with E-state index < -0.39 is 17.2 Å². The van der Waals surface area contributed by atoms with Crippen molar-refractivity contribution in [2.75, 3.05) is 6.61 Å². The van der Waals surface area contributed by atoms with Crippen molar-refractivity contribution in [2.45, 2.75) is 39.8 Å². The van der Waals surface area contributed by atoms with E-state index in [9.17, 15) is 19.2 Å². The molecule has 0 saturated carbocycles. The number of imidazole rings is 1. The molecule has 8 nitrogen and oxygen atoms in total. The van der Waals surface area contributed by atoms with Gasteiger partial charge in [-0.1, -0.05) is 11.3 Å². The standard InChI is InChI=1S/C25H26F2N4O4/c1-15-10-21(34-13-18-19(26)6-5-7-20(18)27)24-29-16(2)23(30(24)12-15)17-8-9-28-22(11-17)35-14-25(3,4)31(32)33/h5-12,32-33H,13-14H2,1-4H3. The third-order valence-corrected chi connectivity index (χ3v) is 5.55. The summed E-state index contributed by atoms with van der Waals surface area (Å²) in [4.78, 5) is 8.85. The lowest BCUT2D eigenvalue weighted by molar-refractivity contribution is -0.359. The highest BCUT2D eigenvalue weighted by atomic mass is 19.1. The highest BCUT2D eigenvalue weighted by Crippen LogP contribution is 2.32. The SMILES string of the molecule is Cc1cc(OCc2c(F)cccc2F)c2nc(C)c(-c3ccnc(OCC(C)(C)N(O)O)c3)n2c1. The van der Waals surface area contributed by atoms with Gasteiger partial charge in [-0.3, -0.25) is 14.8 Å². The molecule has 4 aromatic rings. The van der Waals surface area contributed by atoms with E-state index in [1.807, 2.05) is 24.4 Å². The summed E-state index contributed by atoms with van der Waals surface area (Å²) in [7, 11) is 0. The number of aromatic nitrogens is 3. The molecule has 3 aromatic heterocycles. The number of hydrogen-bond donors (Lipinski definition) is 2. The van der Waals surface area contributed by atoms with Gasteiger partial charge in [-0.15, -0.1) is 0 Å². The molecule has 10 heteroatoms. The molecule has 0 radical (unpaired) electrons. The maximum atomic E-state index is 14.1. The van der Waals surface area contributed by atoms with Gasteiger partial charge in [-0.25, -0.2) is 18.7 Å². The van der Waals surface area contributed by atoms with Crippen LogP contribution in [0.15, 0.2) is 48.8 Å². The van der Waals surface area contributed by atoms with Gasteiger partial charge in [0.15, 0.2) is 11.4 Å². The molecular weight excluding hydrogens is 458 g/mol. The zero-order valence-electron chi connectivity index (χ0n) is 19.8. The van der Waals surface area contributed by atoms with Crippen LogP contribution >= 0.6 is 0 Å². The van der Waals surface area contributed by atoms with Gasteiger partial charge in [0, 0.05) is 24.0 Å². The number of nitrogens with zero attached hydrogens (tertiary/aromatic N) is 4. The van der Waals surface area contributed by atoms with Crippen molar-refractivity contribution in [3.05, 3.63) is 77.2 Å². The number of rotatable bonds is 8. The summed E-state index contributed by atoms with van der Waals surface area (Å²) in [5, 5.41) is 18.8. The number of hydrogen-bond acceptors (Lipinski definition) is 7. The first-order valence-electron chi connectivity index (χ1n) is 10.9.